The van der Waals surface area contributed by atoms with Crippen molar-refractivity contribution in [3.63, 3.8) is 0 Å². The van der Waals surface area contributed by atoms with Gasteiger partial charge in [0.1, 0.15) is 0 Å². The van der Waals surface area contributed by atoms with Crippen LogP contribution in [0.3, 0.4) is 0 Å². The fourth-order valence-electron chi connectivity index (χ4n) is 8.20. The SMILES string of the molecule is c1ccc(-c2c3ccccc3c(-c3cccc(-c4c5ccccc5c(-c5ccccc5)c5c4cnc4ccccc45)c3)c3ccccc23)cc1. The van der Waals surface area contributed by atoms with E-state index in [4.69, 9.17) is 4.98 Å². The molecule has 50 heavy (non-hydrogen) atoms. The topological polar surface area (TPSA) is 12.9 Å². The van der Waals surface area contributed by atoms with Gasteiger partial charge >= 0.3 is 0 Å². The van der Waals surface area contributed by atoms with E-state index >= 15 is 0 Å². The Bertz CT molecular complexity index is 2850. The summed E-state index contributed by atoms with van der Waals surface area (Å²) >= 11 is 0. The predicted molar refractivity (Wildman–Crippen MR) is 214 cm³/mol. The van der Waals surface area contributed by atoms with Crippen LogP contribution >= 0.6 is 0 Å². The number of para-hydroxylation sites is 1. The molecule has 0 spiro atoms. The lowest BCUT2D eigenvalue weighted by molar-refractivity contribution is 1.45. The first-order valence-electron chi connectivity index (χ1n) is 17.2. The predicted octanol–water partition coefficient (Wildman–Crippen LogP) is 13.5. The van der Waals surface area contributed by atoms with Crippen molar-refractivity contribution >= 4 is 54.0 Å². The highest BCUT2D eigenvalue weighted by atomic mass is 14.7. The Morgan fingerprint density at radius 2 is 0.620 bits per heavy atom. The summed E-state index contributed by atoms with van der Waals surface area (Å²) in [6, 6.07) is 66.0. The molecule has 0 aliphatic heterocycles. The average molecular weight is 634 g/mol. The molecule has 0 atom stereocenters. The summed E-state index contributed by atoms with van der Waals surface area (Å²) in [4.78, 5) is 5.04. The van der Waals surface area contributed by atoms with Crippen molar-refractivity contribution in [2.24, 2.45) is 0 Å². The summed E-state index contributed by atoms with van der Waals surface area (Å²) in [6.07, 6.45) is 2.10. The fourth-order valence-corrected chi connectivity index (χ4v) is 8.20. The molecule has 0 amide bonds. The van der Waals surface area contributed by atoms with Gasteiger partial charge in [0, 0.05) is 22.4 Å². The molecule has 1 heterocycles. The highest BCUT2D eigenvalue weighted by molar-refractivity contribution is 6.27. The van der Waals surface area contributed by atoms with Crippen LogP contribution in [0.15, 0.2) is 188 Å². The van der Waals surface area contributed by atoms with E-state index < -0.39 is 0 Å². The monoisotopic (exact) mass is 633 g/mol. The Labute approximate surface area is 290 Å². The van der Waals surface area contributed by atoms with Crippen LogP contribution in [0.2, 0.25) is 0 Å². The molecular formula is C49H31N. The number of rotatable bonds is 4. The molecule has 0 unspecified atom stereocenters. The molecule has 0 fully saturated rings. The molecule has 1 heteroatoms. The molecule has 9 aromatic carbocycles. The third-order valence-electron chi connectivity index (χ3n) is 10.3. The maximum absolute atomic E-state index is 5.04. The molecule has 0 saturated heterocycles. The second-order valence-corrected chi connectivity index (χ2v) is 13.0. The quantitative estimate of drug-likeness (QED) is 0.139. The van der Waals surface area contributed by atoms with Crippen LogP contribution in [-0.2, 0) is 0 Å². The normalized spacial score (nSPS) is 11.6. The number of fused-ring (bicyclic) bond motifs is 6. The van der Waals surface area contributed by atoms with E-state index in [0.717, 1.165) is 10.9 Å². The van der Waals surface area contributed by atoms with Crippen molar-refractivity contribution < 1.29 is 0 Å². The molecule has 10 rings (SSSR count). The van der Waals surface area contributed by atoms with Gasteiger partial charge in [-0.15, -0.1) is 0 Å². The lowest BCUT2D eigenvalue weighted by atomic mass is 9.83. The first-order chi connectivity index (χ1) is 24.8. The summed E-state index contributed by atoms with van der Waals surface area (Å²) in [5.41, 5.74) is 10.8. The molecule has 0 aliphatic rings. The van der Waals surface area contributed by atoms with Crippen LogP contribution in [0.4, 0.5) is 0 Å². The number of hydrogen-bond donors (Lipinski definition) is 0. The van der Waals surface area contributed by atoms with Crippen molar-refractivity contribution in [2.75, 3.05) is 0 Å². The van der Waals surface area contributed by atoms with Gasteiger partial charge in [-0.25, -0.2) is 0 Å². The minimum atomic E-state index is 1.00. The van der Waals surface area contributed by atoms with Gasteiger partial charge in [-0.2, -0.15) is 0 Å². The molecule has 0 radical (unpaired) electrons. The van der Waals surface area contributed by atoms with E-state index in [1.54, 1.807) is 0 Å². The Morgan fingerprint density at radius 1 is 0.260 bits per heavy atom. The molecule has 1 aromatic heterocycles. The van der Waals surface area contributed by atoms with Crippen LogP contribution in [0, 0.1) is 0 Å². The van der Waals surface area contributed by atoms with Crippen LogP contribution in [-0.4, -0.2) is 4.98 Å². The molecule has 0 saturated carbocycles. The van der Waals surface area contributed by atoms with E-state index in [-0.39, 0.29) is 0 Å². The van der Waals surface area contributed by atoms with Gasteiger partial charge < -0.3 is 0 Å². The summed E-state index contributed by atoms with van der Waals surface area (Å²) in [5, 5.41) is 11.1. The third kappa shape index (κ3) is 4.37. The molecule has 0 bridgehead atoms. The highest BCUT2D eigenvalue weighted by Crippen LogP contribution is 2.48. The molecule has 0 N–H and O–H groups in total. The van der Waals surface area contributed by atoms with Crippen molar-refractivity contribution in [1.29, 1.82) is 0 Å². The van der Waals surface area contributed by atoms with Crippen molar-refractivity contribution in [2.45, 2.75) is 0 Å². The average Bonchev–Trinajstić information content (AvgIpc) is 3.19. The maximum atomic E-state index is 5.04. The van der Waals surface area contributed by atoms with Crippen LogP contribution < -0.4 is 0 Å². The first kappa shape index (κ1) is 28.4. The lowest BCUT2D eigenvalue weighted by Crippen LogP contribution is -1.94. The summed E-state index contributed by atoms with van der Waals surface area (Å²) in [6.45, 7) is 0. The van der Waals surface area contributed by atoms with E-state index in [0.29, 0.717) is 0 Å². The first-order valence-corrected chi connectivity index (χ1v) is 17.2. The zero-order valence-electron chi connectivity index (χ0n) is 27.3. The number of pyridine rings is 1. The molecule has 0 aliphatic carbocycles. The van der Waals surface area contributed by atoms with Gasteiger partial charge in [-0.05, 0) is 89.0 Å². The minimum absolute atomic E-state index is 1.00. The van der Waals surface area contributed by atoms with Crippen LogP contribution in [0.25, 0.3) is 98.5 Å². The van der Waals surface area contributed by atoms with Gasteiger partial charge in [-0.3, -0.25) is 4.98 Å². The number of hydrogen-bond acceptors (Lipinski definition) is 1. The fraction of sp³-hybridized carbons (Fsp3) is 0. The van der Waals surface area contributed by atoms with Gasteiger partial charge in [0.2, 0.25) is 0 Å². The second-order valence-electron chi connectivity index (χ2n) is 13.0. The summed E-state index contributed by atoms with van der Waals surface area (Å²) in [7, 11) is 0. The lowest BCUT2D eigenvalue weighted by Gasteiger charge is -2.20. The number of aromatic nitrogens is 1. The second kappa shape index (κ2) is 11.5. The van der Waals surface area contributed by atoms with Gasteiger partial charge in [0.25, 0.3) is 0 Å². The van der Waals surface area contributed by atoms with E-state index in [2.05, 4.69) is 188 Å². The Kier molecular flexibility index (Phi) is 6.57. The molecule has 1 nitrogen and oxygen atoms in total. The Balaban J connectivity index is 1.31. The zero-order chi connectivity index (χ0) is 33.0. The Morgan fingerprint density at radius 3 is 1.14 bits per heavy atom. The van der Waals surface area contributed by atoms with Crippen molar-refractivity contribution in [3.05, 3.63) is 188 Å². The van der Waals surface area contributed by atoms with Crippen molar-refractivity contribution in [3.8, 4) is 44.5 Å². The van der Waals surface area contributed by atoms with Gasteiger partial charge in [0.05, 0.1) is 5.52 Å². The zero-order valence-corrected chi connectivity index (χ0v) is 27.3. The summed E-state index contributed by atoms with van der Waals surface area (Å²) < 4.78 is 0. The van der Waals surface area contributed by atoms with Gasteiger partial charge in [-0.1, -0.05) is 170 Å². The largest absolute Gasteiger partial charge is 0.256 e. The number of benzene rings is 9. The van der Waals surface area contributed by atoms with Crippen molar-refractivity contribution in [1.82, 2.24) is 4.98 Å². The van der Waals surface area contributed by atoms with Crippen LogP contribution in [0.1, 0.15) is 0 Å². The third-order valence-corrected chi connectivity index (χ3v) is 10.3. The maximum Gasteiger partial charge on any atom is 0.0708 e. The molecular weight excluding hydrogens is 603 g/mol. The van der Waals surface area contributed by atoms with Gasteiger partial charge in [0.15, 0.2) is 0 Å². The highest BCUT2D eigenvalue weighted by Gasteiger charge is 2.21. The van der Waals surface area contributed by atoms with E-state index in [1.165, 1.54) is 87.6 Å². The molecule has 10 aromatic rings. The molecule has 232 valence electrons. The van der Waals surface area contributed by atoms with E-state index in [9.17, 15) is 0 Å². The van der Waals surface area contributed by atoms with E-state index in [1.807, 2.05) is 0 Å². The summed E-state index contributed by atoms with van der Waals surface area (Å²) in [5.74, 6) is 0. The van der Waals surface area contributed by atoms with Crippen LogP contribution in [0.5, 0.6) is 0 Å². The Hall–Kier alpha value is -6.57. The number of nitrogens with zero attached hydrogens (tertiary/aromatic N) is 1. The smallest absolute Gasteiger partial charge is 0.0708 e. The standard InChI is InChI=1S/C49H31N/c1-3-16-32(17-4-1)45-36-22-7-9-24-38(36)46(39-25-10-8-23-37(39)45)34-20-15-21-35(30-34)47-40-26-11-12-27-41(40)48(33-18-5-2-6-19-33)49-42-28-13-14-29-44(42)50-31-43(47)49/h1-31H. The minimum Gasteiger partial charge on any atom is -0.256 e.